The van der Waals surface area contributed by atoms with Crippen LogP contribution in [0.15, 0.2) is 24.3 Å². The van der Waals surface area contributed by atoms with Crippen LogP contribution in [0.3, 0.4) is 0 Å². The van der Waals surface area contributed by atoms with Crippen molar-refractivity contribution >= 4 is 5.91 Å². The van der Waals surface area contributed by atoms with Crippen molar-refractivity contribution in [3.8, 4) is 0 Å². The van der Waals surface area contributed by atoms with Crippen molar-refractivity contribution in [3.63, 3.8) is 0 Å². The lowest BCUT2D eigenvalue weighted by atomic mass is 10.0. The topological polar surface area (TPSA) is 89.8 Å². The van der Waals surface area contributed by atoms with Crippen molar-refractivity contribution in [3.05, 3.63) is 24.3 Å². The van der Waals surface area contributed by atoms with E-state index < -0.39 is 18.2 Å². The van der Waals surface area contributed by atoms with Crippen LogP contribution in [0.4, 0.5) is 0 Å². The maximum Gasteiger partial charge on any atom is 0.222 e. The van der Waals surface area contributed by atoms with Gasteiger partial charge in [0.25, 0.3) is 0 Å². The maximum atomic E-state index is 12.4. The SMILES string of the molecule is CCCCC/C=C\C=C/CCCCCCC(O)CC(=O)NC(CO)C(O)CCCCCCCCCCCCCCCCCCCCCCCCC. The molecule has 4 N–H and O–H groups in total. The number of carbonyl (C=O) groups excluding carboxylic acids is 1. The van der Waals surface area contributed by atoms with Gasteiger partial charge < -0.3 is 20.6 Å². The van der Waals surface area contributed by atoms with Crippen LogP contribution in [0.1, 0.15) is 239 Å². The Labute approximate surface area is 318 Å². The number of unbranched alkanes of at least 4 members (excludes halogenated alkanes) is 29. The summed E-state index contributed by atoms with van der Waals surface area (Å²) in [5, 5.41) is 33.4. The molecule has 0 aromatic carbocycles. The molecule has 5 nitrogen and oxygen atoms in total. The lowest BCUT2D eigenvalue weighted by Crippen LogP contribution is -2.46. The second-order valence-corrected chi connectivity index (χ2v) is 15.7. The first kappa shape index (κ1) is 49.8. The zero-order valence-corrected chi connectivity index (χ0v) is 34.2. The third-order valence-electron chi connectivity index (χ3n) is 10.5. The Morgan fingerprint density at radius 3 is 1.24 bits per heavy atom. The maximum absolute atomic E-state index is 12.4. The van der Waals surface area contributed by atoms with Crippen molar-refractivity contribution in [1.82, 2.24) is 5.32 Å². The summed E-state index contributed by atoms with van der Waals surface area (Å²) in [6, 6.07) is -0.663. The number of aliphatic hydroxyl groups excluding tert-OH is 3. The Morgan fingerprint density at radius 1 is 0.490 bits per heavy atom. The number of aliphatic hydroxyl groups is 3. The zero-order valence-electron chi connectivity index (χ0n) is 34.2. The number of allylic oxidation sites excluding steroid dienone is 4. The predicted octanol–water partition coefficient (Wildman–Crippen LogP) is 13.0. The molecule has 0 saturated heterocycles. The van der Waals surface area contributed by atoms with Gasteiger partial charge in [-0.2, -0.15) is 0 Å². The summed E-state index contributed by atoms with van der Waals surface area (Å²) < 4.78 is 0. The first-order chi connectivity index (χ1) is 25.0. The zero-order chi connectivity index (χ0) is 37.3. The molecule has 3 unspecified atom stereocenters. The molecule has 0 aromatic rings. The van der Waals surface area contributed by atoms with Gasteiger partial charge in [0.2, 0.25) is 5.91 Å². The summed E-state index contributed by atoms with van der Waals surface area (Å²) >= 11 is 0. The molecule has 0 aliphatic heterocycles. The average molecular weight is 720 g/mol. The number of hydrogen-bond acceptors (Lipinski definition) is 4. The molecule has 0 aromatic heterocycles. The number of rotatable bonds is 41. The molecule has 0 spiro atoms. The van der Waals surface area contributed by atoms with Crippen LogP contribution in [0, 0.1) is 0 Å². The van der Waals surface area contributed by atoms with Gasteiger partial charge in [0.05, 0.1) is 31.3 Å². The second-order valence-electron chi connectivity index (χ2n) is 15.7. The van der Waals surface area contributed by atoms with Crippen LogP contribution in [0.2, 0.25) is 0 Å². The van der Waals surface area contributed by atoms with Gasteiger partial charge in [0.1, 0.15) is 0 Å². The van der Waals surface area contributed by atoms with E-state index in [9.17, 15) is 20.1 Å². The molecule has 0 aliphatic carbocycles. The molecule has 0 rings (SSSR count). The summed E-state index contributed by atoms with van der Waals surface area (Å²) in [5.74, 6) is -0.294. The third-order valence-corrected chi connectivity index (χ3v) is 10.5. The standard InChI is InChI=1S/C46H89NO4/c1-3-5-7-9-11-13-15-17-18-19-20-21-22-23-24-25-26-28-30-32-34-36-38-40-45(50)44(42-48)47-46(51)41-43(49)39-37-35-33-31-29-27-16-14-12-10-8-6-4-2/h12,14,16,27,43-45,48-50H,3-11,13,15,17-26,28-42H2,1-2H3,(H,47,51)/b14-12-,27-16-. The van der Waals surface area contributed by atoms with E-state index in [1.165, 1.54) is 161 Å². The van der Waals surface area contributed by atoms with E-state index in [0.29, 0.717) is 12.8 Å². The molecule has 0 saturated carbocycles. The summed E-state index contributed by atoms with van der Waals surface area (Å²) in [4.78, 5) is 12.4. The fraction of sp³-hybridized carbons (Fsp3) is 0.891. The Kier molecular flexibility index (Phi) is 40.6. The Hall–Kier alpha value is -1.17. The van der Waals surface area contributed by atoms with Gasteiger partial charge in [-0.05, 0) is 38.5 Å². The van der Waals surface area contributed by atoms with Gasteiger partial charge in [-0.3, -0.25) is 4.79 Å². The minimum atomic E-state index is -0.753. The molecule has 0 heterocycles. The van der Waals surface area contributed by atoms with E-state index >= 15 is 0 Å². The van der Waals surface area contributed by atoms with Gasteiger partial charge >= 0.3 is 0 Å². The highest BCUT2D eigenvalue weighted by Gasteiger charge is 2.21. The van der Waals surface area contributed by atoms with Crippen LogP contribution in [0.25, 0.3) is 0 Å². The average Bonchev–Trinajstić information content (AvgIpc) is 3.12. The Balaban J connectivity index is 3.58. The molecule has 5 heteroatoms. The van der Waals surface area contributed by atoms with Crippen LogP contribution in [-0.4, -0.2) is 46.1 Å². The summed E-state index contributed by atoms with van der Waals surface area (Å²) in [6.07, 6.45) is 50.1. The van der Waals surface area contributed by atoms with Crippen molar-refractivity contribution < 1.29 is 20.1 Å². The van der Waals surface area contributed by atoms with E-state index in [-0.39, 0.29) is 18.9 Å². The lowest BCUT2D eigenvalue weighted by Gasteiger charge is -2.23. The van der Waals surface area contributed by atoms with Gasteiger partial charge in [-0.15, -0.1) is 0 Å². The largest absolute Gasteiger partial charge is 0.394 e. The fourth-order valence-electron chi connectivity index (χ4n) is 7.04. The van der Waals surface area contributed by atoms with Crippen molar-refractivity contribution in [1.29, 1.82) is 0 Å². The van der Waals surface area contributed by atoms with Crippen LogP contribution < -0.4 is 5.32 Å². The number of amides is 1. The summed E-state index contributed by atoms with van der Waals surface area (Å²) in [7, 11) is 0. The van der Waals surface area contributed by atoms with Gasteiger partial charge in [-0.1, -0.05) is 218 Å². The quantitative estimate of drug-likeness (QED) is 0.0374. The number of hydrogen-bond donors (Lipinski definition) is 4. The van der Waals surface area contributed by atoms with E-state index in [1.807, 2.05) is 0 Å². The van der Waals surface area contributed by atoms with Gasteiger partial charge in [-0.25, -0.2) is 0 Å². The first-order valence-electron chi connectivity index (χ1n) is 22.6. The molecule has 0 fully saturated rings. The summed E-state index contributed by atoms with van der Waals surface area (Å²) in [5.41, 5.74) is 0. The van der Waals surface area contributed by atoms with E-state index in [2.05, 4.69) is 43.5 Å². The van der Waals surface area contributed by atoms with E-state index in [1.54, 1.807) is 0 Å². The number of carbonyl (C=O) groups is 1. The van der Waals surface area contributed by atoms with Crippen LogP contribution in [-0.2, 0) is 4.79 Å². The lowest BCUT2D eigenvalue weighted by molar-refractivity contribution is -0.125. The molecule has 0 radical (unpaired) electrons. The smallest absolute Gasteiger partial charge is 0.222 e. The number of nitrogens with one attached hydrogen (secondary N) is 1. The molecular weight excluding hydrogens is 631 g/mol. The minimum Gasteiger partial charge on any atom is -0.394 e. The van der Waals surface area contributed by atoms with Gasteiger partial charge in [0.15, 0.2) is 0 Å². The van der Waals surface area contributed by atoms with Crippen LogP contribution in [0.5, 0.6) is 0 Å². The van der Waals surface area contributed by atoms with Crippen LogP contribution >= 0.6 is 0 Å². The van der Waals surface area contributed by atoms with E-state index in [4.69, 9.17) is 0 Å². The highest BCUT2D eigenvalue weighted by molar-refractivity contribution is 5.76. The molecule has 1 amide bonds. The molecule has 3 atom stereocenters. The normalized spacial score (nSPS) is 13.7. The van der Waals surface area contributed by atoms with Crippen molar-refractivity contribution in [2.75, 3.05) is 6.61 Å². The van der Waals surface area contributed by atoms with Gasteiger partial charge in [0, 0.05) is 0 Å². The molecule has 0 bridgehead atoms. The highest BCUT2D eigenvalue weighted by atomic mass is 16.3. The predicted molar refractivity (Wildman–Crippen MR) is 222 cm³/mol. The Morgan fingerprint density at radius 2 is 0.824 bits per heavy atom. The van der Waals surface area contributed by atoms with Crippen molar-refractivity contribution in [2.24, 2.45) is 0 Å². The summed E-state index contributed by atoms with van der Waals surface area (Å²) in [6.45, 7) is 4.23. The third kappa shape index (κ3) is 38.4. The van der Waals surface area contributed by atoms with E-state index in [0.717, 1.165) is 44.9 Å². The second kappa shape index (κ2) is 41.6. The highest BCUT2D eigenvalue weighted by Crippen LogP contribution is 2.17. The monoisotopic (exact) mass is 720 g/mol. The molecule has 51 heavy (non-hydrogen) atoms. The fourth-order valence-corrected chi connectivity index (χ4v) is 7.04. The minimum absolute atomic E-state index is 0.0238. The Bertz CT molecular complexity index is 754. The molecule has 302 valence electrons. The van der Waals surface area contributed by atoms with Crippen molar-refractivity contribution in [2.45, 2.75) is 257 Å². The molecule has 0 aliphatic rings. The first-order valence-corrected chi connectivity index (χ1v) is 22.6. The molecular formula is C46H89NO4.